The molecule has 8 aromatic rings. The lowest BCUT2D eigenvalue weighted by atomic mass is 9.75. The second-order valence-corrected chi connectivity index (χ2v) is 31.8. The number of esters is 1. The number of unbranched alkanes of at least 4 members (excludes halogenated alkanes) is 3. The number of aromatic nitrogens is 8. The Morgan fingerprint density at radius 2 is 0.954 bits per heavy atom. The van der Waals surface area contributed by atoms with Crippen LogP contribution < -0.4 is 26.2 Å². The highest BCUT2D eigenvalue weighted by molar-refractivity contribution is 8.00. The van der Waals surface area contributed by atoms with Gasteiger partial charge in [0.15, 0.2) is 0 Å². The summed E-state index contributed by atoms with van der Waals surface area (Å²) >= 11 is 0. The third kappa shape index (κ3) is 41.2. The predicted molar refractivity (Wildman–Crippen MR) is 450 cm³/mol. The van der Waals surface area contributed by atoms with Crippen molar-refractivity contribution in [3.8, 4) is 5.75 Å². The molecule has 9 rings (SSSR count). The molecular formula is C88H134N12O7S. The minimum absolute atomic E-state index is 0.0603. The molecular weight excluding hydrogens is 1370 g/mol. The van der Waals surface area contributed by atoms with Gasteiger partial charge in [0.2, 0.25) is 5.91 Å². The van der Waals surface area contributed by atoms with Gasteiger partial charge < -0.3 is 40.5 Å². The van der Waals surface area contributed by atoms with Crippen molar-refractivity contribution in [3.63, 3.8) is 0 Å². The Morgan fingerprint density at radius 1 is 0.528 bits per heavy atom. The first-order chi connectivity index (χ1) is 51.4. The highest BCUT2D eigenvalue weighted by Crippen LogP contribution is 2.36. The van der Waals surface area contributed by atoms with E-state index in [0.29, 0.717) is 47.8 Å². The van der Waals surface area contributed by atoms with Crippen LogP contribution in [0.5, 0.6) is 5.75 Å². The molecule has 0 bridgehead atoms. The van der Waals surface area contributed by atoms with Crippen LogP contribution in [0.4, 0.5) is 11.4 Å². The van der Waals surface area contributed by atoms with Crippen LogP contribution in [0.2, 0.25) is 0 Å². The number of pyridine rings is 8. The van der Waals surface area contributed by atoms with E-state index in [2.05, 4.69) is 129 Å². The first kappa shape index (κ1) is 95.7. The zero-order valence-electron chi connectivity index (χ0n) is 68.9. The first-order valence-corrected chi connectivity index (χ1v) is 40.5. The topological polar surface area (TPSA) is 267 Å². The zero-order chi connectivity index (χ0) is 80.3. The largest absolute Gasteiger partial charge is 0.495 e. The van der Waals surface area contributed by atoms with Crippen LogP contribution >= 0.6 is 0 Å². The molecule has 20 heteroatoms. The minimum atomic E-state index is -2.22. The number of amides is 1. The van der Waals surface area contributed by atoms with Gasteiger partial charge in [-0.1, -0.05) is 126 Å². The number of carbonyl (C=O) groups is 2. The van der Waals surface area contributed by atoms with E-state index in [4.69, 9.17) is 30.4 Å². The van der Waals surface area contributed by atoms with Crippen LogP contribution in [0.3, 0.4) is 0 Å². The summed E-state index contributed by atoms with van der Waals surface area (Å²) in [6, 6.07) is 39.5. The molecule has 1 amide bonds. The van der Waals surface area contributed by atoms with E-state index in [-0.39, 0.29) is 22.9 Å². The van der Waals surface area contributed by atoms with E-state index in [9.17, 15) is 13.8 Å². The van der Waals surface area contributed by atoms with Crippen molar-refractivity contribution >= 4 is 38.8 Å². The quantitative estimate of drug-likeness (QED) is 0.0202. The molecule has 0 saturated carbocycles. The molecule has 0 aromatic carbocycles. The second kappa shape index (κ2) is 54.2. The molecule has 594 valence electrons. The Kier molecular flexibility index (Phi) is 48.0. The number of ether oxygens (including phenoxy) is 4. The fraction of sp³-hybridized carbons (Fsp3) is 0.511. The molecule has 0 radical (unpaired) electrons. The van der Waals surface area contributed by atoms with Crippen molar-refractivity contribution in [1.82, 2.24) is 39.9 Å². The molecule has 6 atom stereocenters. The van der Waals surface area contributed by atoms with Crippen LogP contribution in [0, 0.1) is 0 Å². The van der Waals surface area contributed by atoms with E-state index >= 15 is 0 Å². The second-order valence-electron chi connectivity index (χ2n) is 29.6. The Hall–Kier alpha value is -8.40. The van der Waals surface area contributed by atoms with Crippen molar-refractivity contribution in [1.29, 1.82) is 0 Å². The standard InChI is InChI=1S/C17H27NO2.C12H17NO.C11H18N2.C10H16N2OS.C10H14N2O.C10H16N2.2C9H13NO/c1-14(15-11-8-9-13-18-15)10-6-5-7-12-16(19)20-17(2,3)4;1-12(9-14-2)7-3-5-10-6-4-8-13-11(10)12;1-10(6-2-4-8-12)11-7-3-5-9-13-11;1-8(2)10-9(6-5-7-11-10)12-14(3,4)13;1-7(2)10-9(12-8(3)13)5-4-6-11-10;1-9(5-4-7-11)10-6-2-3-8-12-10;1-7(2)9-8(11-3)5-4-6-10-9;1-8(7-11-2)9-5-3-4-6-10-9/h8-9,11,13-14H,5-7,10,12H2,1-4H3;4,6,8H,3,5,7,9H2,1-2H3;3,5,7,9-10H,2,4,6,8,12H2,1H3;5-8H,3H2,1-2,4H3,(H,12,13);4-7H,1-3H3,(H,12,13);2-3,6,8-9H,4-5,7,11H2,1H3;4-7H,1-3H3;3-6,8H,7H2,1-2H3/t14-;12-;10-;;;9-;;8-/m000..0.0/s1. The van der Waals surface area contributed by atoms with Crippen LogP contribution in [0.1, 0.15) is 273 Å². The minimum Gasteiger partial charge on any atom is -0.495 e. The van der Waals surface area contributed by atoms with Crippen molar-refractivity contribution in [2.24, 2.45) is 11.5 Å². The lowest BCUT2D eigenvalue weighted by molar-refractivity contribution is -0.154. The summed E-state index contributed by atoms with van der Waals surface area (Å²) in [5.74, 6) is 7.31. The van der Waals surface area contributed by atoms with Gasteiger partial charge in [0.1, 0.15) is 11.4 Å². The third-order valence-corrected chi connectivity index (χ3v) is 17.8. The Balaban J connectivity index is 0.000000422. The number of hydrogen-bond donors (Lipinski definition) is 4. The van der Waals surface area contributed by atoms with E-state index in [0.717, 1.165) is 117 Å². The van der Waals surface area contributed by atoms with E-state index in [1.165, 1.54) is 61.7 Å². The summed E-state index contributed by atoms with van der Waals surface area (Å²) in [7, 11) is 2.92. The molecule has 1 aliphatic carbocycles. The molecule has 8 aromatic heterocycles. The SMILES string of the molecule is C=S(C)(=O)Nc1cccnc1C(C)C.CC(=O)Nc1cccnc1C(C)C.COC[C@H](C)c1ccccn1.COC[C@]1(C)CCCc2cccnc21.COc1cccnc1C(C)C.C[C@@H](CCCCCC(=O)OC(C)(C)C)c1ccccn1.C[C@@H](CCCCN)c1ccccn1.C[C@@H](CCCN)c1ccccn1. The predicted octanol–water partition coefficient (Wildman–Crippen LogP) is 19.1. The number of carbonyl (C=O) groups excluding carboxylic acids is 2. The van der Waals surface area contributed by atoms with Crippen LogP contribution in [-0.2, 0) is 45.3 Å². The molecule has 6 N–H and O–H groups in total. The lowest BCUT2D eigenvalue weighted by Gasteiger charge is -2.33. The molecule has 0 spiro atoms. The molecule has 0 aliphatic heterocycles. The number of anilines is 2. The monoisotopic (exact) mass is 1500 g/mol. The summed E-state index contributed by atoms with van der Waals surface area (Å²) in [6.45, 7) is 33.7. The fourth-order valence-electron chi connectivity index (χ4n) is 11.6. The summed E-state index contributed by atoms with van der Waals surface area (Å²) in [5.41, 5.74) is 22.4. The van der Waals surface area contributed by atoms with Crippen LogP contribution in [0.15, 0.2) is 171 Å². The summed E-state index contributed by atoms with van der Waals surface area (Å²) < 4.78 is 35.1. The summed E-state index contributed by atoms with van der Waals surface area (Å²) in [5, 5.41) is 2.75. The van der Waals surface area contributed by atoms with Crippen LogP contribution in [0.25, 0.3) is 0 Å². The summed E-state index contributed by atoms with van der Waals surface area (Å²) in [4.78, 5) is 56.8. The maximum Gasteiger partial charge on any atom is 0.306 e. The van der Waals surface area contributed by atoms with Gasteiger partial charge in [-0.3, -0.25) is 49.5 Å². The summed E-state index contributed by atoms with van der Waals surface area (Å²) in [6.07, 6.45) is 30.1. The number of nitrogens with one attached hydrogen (secondary N) is 2. The molecule has 1 aliphatic rings. The molecule has 1 unspecified atom stereocenters. The van der Waals surface area contributed by atoms with Crippen molar-refractivity contribution < 1.29 is 32.7 Å². The number of aryl methyl sites for hydroxylation is 1. The Morgan fingerprint density at radius 3 is 1.37 bits per heavy atom. The lowest BCUT2D eigenvalue weighted by Crippen LogP contribution is -2.33. The van der Waals surface area contributed by atoms with Crippen molar-refractivity contribution in [2.45, 2.75) is 240 Å². The van der Waals surface area contributed by atoms with Gasteiger partial charge >= 0.3 is 5.97 Å². The number of hydrogen-bond acceptors (Lipinski definition) is 17. The Bertz CT molecular complexity index is 3760. The highest BCUT2D eigenvalue weighted by Gasteiger charge is 2.33. The first-order valence-electron chi connectivity index (χ1n) is 38.4. The van der Waals surface area contributed by atoms with Crippen molar-refractivity contribution in [2.75, 3.05) is 63.9 Å². The van der Waals surface area contributed by atoms with Gasteiger partial charge in [-0.15, -0.1) is 0 Å². The Labute approximate surface area is 650 Å². The number of nitrogens with two attached hydrogens (primary N) is 2. The van der Waals surface area contributed by atoms with Gasteiger partial charge in [-0.25, -0.2) is 4.21 Å². The average molecular weight is 1500 g/mol. The van der Waals surface area contributed by atoms with Crippen LogP contribution in [-0.4, -0.2) is 121 Å². The van der Waals surface area contributed by atoms with Gasteiger partial charge in [0.25, 0.3) is 0 Å². The maximum atomic E-state index is 11.5. The third-order valence-electron chi connectivity index (χ3n) is 17.1. The fourth-order valence-corrected chi connectivity index (χ4v) is 12.2. The van der Waals surface area contributed by atoms with Gasteiger partial charge in [0.05, 0.1) is 54.5 Å². The van der Waals surface area contributed by atoms with Gasteiger partial charge in [-0.05, 0) is 230 Å². The van der Waals surface area contributed by atoms with E-state index in [1.54, 1.807) is 46.2 Å². The molecule has 19 nitrogen and oxygen atoms in total. The zero-order valence-corrected chi connectivity index (χ0v) is 69.8. The normalized spacial score (nSPS) is 14.3. The number of rotatable bonds is 28. The van der Waals surface area contributed by atoms with E-state index < -0.39 is 9.71 Å². The number of fused-ring (bicyclic) bond motifs is 1. The van der Waals surface area contributed by atoms with Gasteiger partial charge in [-0.2, -0.15) is 0 Å². The van der Waals surface area contributed by atoms with Crippen molar-refractivity contribution in [3.05, 3.63) is 222 Å². The average Bonchev–Trinajstić information content (AvgIpc) is 0.791. The van der Waals surface area contributed by atoms with Gasteiger partial charge in [0, 0.05) is 127 Å². The molecule has 0 fully saturated rings. The molecule has 8 heterocycles. The number of nitrogens with zero attached hydrogens (tertiary/aromatic N) is 8. The smallest absolute Gasteiger partial charge is 0.306 e. The maximum absolute atomic E-state index is 11.5. The van der Waals surface area contributed by atoms with E-state index in [1.807, 2.05) is 177 Å². The number of methoxy groups -OCH3 is 3. The molecule has 0 saturated heterocycles. The highest BCUT2D eigenvalue weighted by atomic mass is 32.2. The molecule has 108 heavy (non-hydrogen) atoms.